The van der Waals surface area contributed by atoms with Gasteiger partial charge in [0.2, 0.25) is 5.95 Å². The molecule has 1 aromatic carbocycles. The molecule has 1 atom stereocenters. The number of urea groups is 1. The number of carbonyl (C=O) groups is 1. The number of benzene rings is 1. The summed E-state index contributed by atoms with van der Waals surface area (Å²) in [5.74, 6) is -0.163. The van der Waals surface area contributed by atoms with Gasteiger partial charge in [-0.2, -0.15) is 10.0 Å². The van der Waals surface area contributed by atoms with Gasteiger partial charge in [-0.25, -0.2) is 13.7 Å². The van der Waals surface area contributed by atoms with Crippen molar-refractivity contribution in [3.05, 3.63) is 71.9 Å². The number of nitrogens with one attached hydrogen (secondary N) is 1. The Morgan fingerprint density at radius 2 is 2.12 bits per heavy atom. The standard InChI is InChI=1S/C22H20FN7O2/c1-13-18(10-16(11-25-13)15-5-6-20-27-21(24)28-29(20)12-15)26-22(31)30-19(7-8-32-30)14-3-2-4-17(23)9-14/h2-6,9-12,19H,7-8H2,1H3,(H2,24,28)(H,26,31). The molecule has 0 aliphatic carbocycles. The first-order chi connectivity index (χ1) is 15.5. The van der Waals surface area contributed by atoms with Crippen LogP contribution in [0.4, 0.5) is 20.8 Å². The third-order valence-electron chi connectivity index (χ3n) is 5.35. The fraction of sp³-hybridized carbons (Fsp3) is 0.182. The van der Waals surface area contributed by atoms with Gasteiger partial charge < -0.3 is 11.1 Å². The minimum Gasteiger partial charge on any atom is -0.366 e. The molecule has 1 unspecified atom stereocenters. The first-order valence-electron chi connectivity index (χ1n) is 10.1. The number of hydrogen-bond donors (Lipinski definition) is 2. The molecule has 3 aromatic heterocycles. The topological polar surface area (TPSA) is 111 Å². The van der Waals surface area contributed by atoms with Crippen molar-refractivity contribution in [1.29, 1.82) is 0 Å². The lowest BCUT2D eigenvalue weighted by atomic mass is 10.0. The summed E-state index contributed by atoms with van der Waals surface area (Å²) in [4.78, 5) is 27.1. The Hall–Kier alpha value is -4.05. The van der Waals surface area contributed by atoms with Gasteiger partial charge in [0.25, 0.3) is 0 Å². The molecule has 1 fully saturated rings. The smallest absolute Gasteiger partial charge is 0.346 e. The SMILES string of the molecule is Cc1ncc(-c2ccc3nc(N)nn3c2)cc1NC(=O)N1OCCC1c1cccc(F)c1. The van der Waals surface area contributed by atoms with E-state index in [1.54, 1.807) is 42.0 Å². The number of aryl methyl sites for hydroxylation is 1. The molecule has 1 aliphatic rings. The van der Waals surface area contributed by atoms with Crippen molar-refractivity contribution >= 4 is 23.3 Å². The van der Waals surface area contributed by atoms with Crippen molar-refractivity contribution in [1.82, 2.24) is 24.6 Å². The highest BCUT2D eigenvalue weighted by Crippen LogP contribution is 2.32. The van der Waals surface area contributed by atoms with E-state index >= 15 is 0 Å². The summed E-state index contributed by atoms with van der Waals surface area (Å²) in [6.07, 6.45) is 4.09. The van der Waals surface area contributed by atoms with E-state index in [0.29, 0.717) is 35.6 Å². The van der Waals surface area contributed by atoms with Crippen LogP contribution >= 0.6 is 0 Å². The maximum atomic E-state index is 13.7. The Balaban J connectivity index is 1.40. The summed E-state index contributed by atoms with van der Waals surface area (Å²) >= 11 is 0. The third kappa shape index (κ3) is 3.71. The van der Waals surface area contributed by atoms with Crippen LogP contribution in [0.5, 0.6) is 0 Å². The average molecular weight is 433 g/mol. The zero-order chi connectivity index (χ0) is 22.2. The normalized spacial score (nSPS) is 15.9. The summed E-state index contributed by atoms with van der Waals surface area (Å²) in [6.45, 7) is 2.17. The number of pyridine rings is 2. The van der Waals surface area contributed by atoms with Gasteiger partial charge in [-0.3, -0.25) is 9.82 Å². The molecule has 1 aliphatic heterocycles. The zero-order valence-corrected chi connectivity index (χ0v) is 17.2. The van der Waals surface area contributed by atoms with E-state index in [2.05, 4.69) is 20.4 Å². The number of rotatable bonds is 3. The van der Waals surface area contributed by atoms with E-state index < -0.39 is 6.03 Å². The molecule has 4 heterocycles. The van der Waals surface area contributed by atoms with Gasteiger partial charge in [-0.05, 0) is 42.8 Å². The van der Waals surface area contributed by atoms with E-state index in [1.165, 1.54) is 17.2 Å². The van der Waals surface area contributed by atoms with Crippen LogP contribution in [-0.4, -0.2) is 37.3 Å². The van der Waals surface area contributed by atoms with Crippen LogP contribution in [0.15, 0.2) is 54.9 Å². The second-order valence-electron chi connectivity index (χ2n) is 7.50. The number of carbonyl (C=O) groups excluding carboxylic acids is 1. The van der Waals surface area contributed by atoms with Crippen molar-refractivity contribution in [3.8, 4) is 11.1 Å². The first-order valence-corrected chi connectivity index (χ1v) is 10.1. The minimum absolute atomic E-state index is 0.190. The molecule has 1 saturated heterocycles. The number of nitrogens with two attached hydrogens (primary N) is 1. The predicted molar refractivity (Wildman–Crippen MR) is 116 cm³/mol. The highest BCUT2D eigenvalue weighted by atomic mass is 19.1. The second kappa shape index (κ2) is 7.89. The van der Waals surface area contributed by atoms with Crippen molar-refractivity contribution < 1.29 is 14.0 Å². The zero-order valence-electron chi connectivity index (χ0n) is 17.2. The predicted octanol–water partition coefficient (Wildman–Crippen LogP) is 3.73. The van der Waals surface area contributed by atoms with Crippen LogP contribution in [0.1, 0.15) is 23.7 Å². The van der Waals surface area contributed by atoms with E-state index in [0.717, 1.165) is 11.1 Å². The van der Waals surface area contributed by atoms with Gasteiger partial charge >= 0.3 is 6.03 Å². The van der Waals surface area contributed by atoms with Gasteiger partial charge in [0.15, 0.2) is 5.65 Å². The van der Waals surface area contributed by atoms with E-state index in [4.69, 9.17) is 10.6 Å². The molecule has 0 spiro atoms. The van der Waals surface area contributed by atoms with Gasteiger partial charge in [-0.15, -0.1) is 5.10 Å². The van der Waals surface area contributed by atoms with Crippen LogP contribution in [0.25, 0.3) is 16.8 Å². The molecule has 3 N–H and O–H groups in total. The van der Waals surface area contributed by atoms with Crippen molar-refractivity contribution in [3.63, 3.8) is 0 Å². The summed E-state index contributed by atoms with van der Waals surface area (Å²) < 4.78 is 15.3. The molecule has 0 radical (unpaired) electrons. The van der Waals surface area contributed by atoms with Crippen LogP contribution < -0.4 is 11.1 Å². The number of aromatic nitrogens is 4. The summed E-state index contributed by atoms with van der Waals surface area (Å²) in [5.41, 5.74) is 9.78. The number of nitrogen functional groups attached to an aromatic ring is 1. The highest BCUT2D eigenvalue weighted by Gasteiger charge is 2.32. The maximum Gasteiger partial charge on any atom is 0.346 e. The van der Waals surface area contributed by atoms with E-state index in [-0.39, 0.29) is 17.8 Å². The molecule has 4 aromatic rings. The molecular formula is C22H20FN7O2. The second-order valence-corrected chi connectivity index (χ2v) is 7.50. The average Bonchev–Trinajstić information content (AvgIpc) is 3.40. The summed E-state index contributed by atoms with van der Waals surface area (Å²) in [6, 6.07) is 10.9. The summed E-state index contributed by atoms with van der Waals surface area (Å²) in [5, 5.41) is 8.25. The number of amides is 2. The van der Waals surface area contributed by atoms with Gasteiger partial charge in [0.05, 0.1) is 24.0 Å². The lowest BCUT2D eigenvalue weighted by molar-refractivity contribution is -0.0830. The maximum absolute atomic E-state index is 13.7. The lowest BCUT2D eigenvalue weighted by Gasteiger charge is -2.23. The van der Waals surface area contributed by atoms with Gasteiger partial charge in [0.1, 0.15) is 5.82 Å². The highest BCUT2D eigenvalue weighted by molar-refractivity contribution is 5.90. The molecule has 2 amide bonds. The molecular weight excluding hydrogens is 413 g/mol. The third-order valence-corrected chi connectivity index (χ3v) is 5.35. The molecule has 0 saturated carbocycles. The van der Waals surface area contributed by atoms with E-state index in [9.17, 15) is 9.18 Å². The lowest BCUT2D eigenvalue weighted by Crippen LogP contribution is -2.33. The molecule has 9 nitrogen and oxygen atoms in total. The van der Waals surface area contributed by atoms with Crippen molar-refractivity contribution in [2.24, 2.45) is 0 Å². The van der Waals surface area contributed by atoms with Gasteiger partial charge in [0, 0.05) is 29.9 Å². The molecule has 5 rings (SSSR count). The molecule has 162 valence electrons. The number of halogens is 1. The Bertz CT molecular complexity index is 1320. The van der Waals surface area contributed by atoms with Gasteiger partial charge in [-0.1, -0.05) is 12.1 Å². The molecule has 0 bridgehead atoms. The van der Waals surface area contributed by atoms with Crippen molar-refractivity contribution in [2.75, 3.05) is 17.7 Å². The number of hydrogen-bond acceptors (Lipinski definition) is 6. The largest absolute Gasteiger partial charge is 0.366 e. The first kappa shape index (κ1) is 19.9. The fourth-order valence-electron chi connectivity index (χ4n) is 3.74. The van der Waals surface area contributed by atoms with Crippen LogP contribution in [-0.2, 0) is 4.84 Å². The number of fused-ring (bicyclic) bond motifs is 1. The Labute approximate surface area is 182 Å². The van der Waals surface area contributed by atoms with Crippen LogP contribution in [0.3, 0.4) is 0 Å². The summed E-state index contributed by atoms with van der Waals surface area (Å²) in [7, 11) is 0. The monoisotopic (exact) mass is 433 g/mol. The van der Waals surface area contributed by atoms with Crippen molar-refractivity contribution in [2.45, 2.75) is 19.4 Å². The Morgan fingerprint density at radius 1 is 1.25 bits per heavy atom. The number of nitrogens with zero attached hydrogens (tertiary/aromatic N) is 5. The molecule has 10 heteroatoms. The number of anilines is 2. The Kier molecular flexibility index (Phi) is 4.91. The fourth-order valence-corrected chi connectivity index (χ4v) is 3.74. The number of hydroxylamine groups is 2. The quantitative estimate of drug-likeness (QED) is 0.509. The van der Waals surface area contributed by atoms with Crippen LogP contribution in [0, 0.1) is 12.7 Å². The minimum atomic E-state index is -0.446. The van der Waals surface area contributed by atoms with E-state index in [1.807, 2.05) is 12.1 Å². The molecule has 32 heavy (non-hydrogen) atoms. The van der Waals surface area contributed by atoms with Crippen LogP contribution in [0.2, 0.25) is 0 Å². The Morgan fingerprint density at radius 3 is 2.97 bits per heavy atom.